The number of para-hydroxylation sites is 1. The first-order valence-corrected chi connectivity index (χ1v) is 9.51. The monoisotopic (exact) mass is 378 g/mol. The van der Waals surface area contributed by atoms with Gasteiger partial charge in [-0.2, -0.15) is 0 Å². The third-order valence-electron chi connectivity index (χ3n) is 4.10. The molecule has 0 atom stereocenters. The topological polar surface area (TPSA) is 64.4 Å². The molecule has 0 bridgehead atoms. The van der Waals surface area contributed by atoms with Crippen LogP contribution in [0.15, 0.2) is 58.3 Å². The number of rotatable bonds is 5. The maximum atomic E-state index is 12.6. The number of carbonyl (C=O) groups is 1. The molecule has 4 rings (SSSR count). The quantitative estimate of drug-likeness (QED) is 0.497. The van der Waals surface area contributed by atoms with Crippen molar-refractivity contribution in [1.29, 1.82) is 0 Å². The number of carbonyl (C=O) groups excluding carboxylic acids is 1. The van der Waals surface area contributed by atoms with Crippen molar-refractivity contribution in [3.8, 4) is 17.0 Å². The molecule has 2 heterocycles. The van der Waals surface area contributed by atoms with E-state index in [9.17, 15) is 4.79 Å². The summed E-state index contributed by atoms with van der Waals surface area (Å²) in [4.78, 5) is 17.1. The first-order valence-electron chi connectivity index (χ1n) is 8.63. The molecule has 0 saturated heterocycles. The number of amides is 1. The predicted molar refractivity (Wildman–Crippen MR) is 108 cm³/mol. The number of aromatic nitrogens is 1. The molecule has 5 nitrogen and oxygen atoms in total. The Morgan fingerprint density at radius 2 is 2.04 bits per heavy atom. The molecule has 4 aromatic rings. The molecule has 1 amide bonds. The number of nitrogens with one attached hydrogen (secondary N) is 1. The Hall–Kier alpha value is -3.12. The Kier molecular flexibility index (Phi) is 4.64. The molecule has 136 valence electrons. The summed E-state index contributed by atoms with van der Waals surface area (Å²) >= 11 is 1.38. The van der Waals surface area contributed by atoms with Crippen LogP contribution in [0.1, 0.15) is 23.0 Å². The second-order valence-corrected chi connectivity index (χ2v) is 6.93. The Balaban J connectivity index is 1.55. The van der Waals surface area contributed by atoms with Gasteiger partial charge in [-0.3, -0.25) is 10.1 Å². The summed E-state index contributed by atoms with van der Waals surface area (Å²) in [6.07, 6.45) is 0. The molecular formula is C21H18N2O3S. The predicted octanol–water partition coefficient (Wildman–Crippen LogP) is 5.52. The fourth-order valence-electron chi connectivity index (χ4n) is 2.76. The van der Waals surface area contributed by atoms with E-state index < -0.39 is 0 Å². The van der Waals surface area contributed by atoms with Crippen LogP contribution in [0.4, 0.5) is 5.13 Å². The number of furan rings is 1. The van der Waals surface area contributed by atoms with Gasteiger partial charge < -0.3 is 9.15 Å². The van der Waals surface area contributed by atoms with Crippen LogP contribution >= 0.6 is 11.3 Å². The van der Waals surface area contributed by atoms with Gasteiger partial charge in [0.1, 0.15) is 0 Å². The molecule has 0 aliphatic carbocycles. The number of fused-ring (bicyclic) bond motifs is 1. The van der Waals surface area contributed by atoms with Crippen molar-refractivity contribution in [2.75, 3.05) is 11.9 Å². The molecule has 0 aliphatic heterocycles. The lowest BCUT2D eigenvalue weighted by molar-refractivity contribution is 0.0998. The molecule has 2 aromatic heterocycles. The van der Waals surface area contributed by atoms with Crippen LogP contribution in [0, 0.1) is 6.92 Å². The van der Waals surface area contributed by atoms with E-state index in [4.69, 9.17) is 9.15 Å². The summed E-state index contributed by atoms with van der Waals surface area (Å²) in [5, 5.41) is 6.08. The van der Waals surface area contributed by atoms with E-state index in [1.165, 1.54) is 16.9 Å². The lowest BCUT2D eigenvalue weighted by atomic mass is 10.1. The lowest BCUT2D eigenvalue weighted by Crippen LogP contribution is -2.10. The minimum absolute atomic E-state index is 0.226. The van der Waals surface area contributed by atoms with Crippen LogP contribution in [-0.4, -0.2) is 17.5 Å². The fourth-order valence-corrected chi connectivity index (χ4v) is 3.48. The van der Waals surface area contributed by atoms with Crippen molar-refractivity contribution in [3.05, 3.63) is 65.2 Å². The summed E-state index contributed by atoms with van der Waals surface area (Å²) in [6.45, 7) is 4.48. The van der Waals surface area contributed by atoms with Crippen molar-refractivity contribution >= 4 is 33.3 Å². The molecular weight excluding hydrogens is 360 g/mol. The first-order chi connectivity index (χ1) is 13.1. The highest BCUT2D eigenvalue weighted by molar-refractivity contribution is 7.14. The minimum atomic E-state index is -0.335. The van der Waals surface area contributed by atoms with E-state index in [-0.39, 0.29) is 11.7 Å². The van der Waals surface area contributed by atoms with Crippen LogP contribution in [0.2, 0.25) is 0 Å². The van der Waals surface area contributed by atoms with Crippen molar-refractivity contribution < 1.29 is 13.9 Å². The molecule has 1 N–H and O–H groups in total. The number of thiazole rings is 1. The van der Waals surface area contributed by atoms with Gasteiger partial charge in [-0.25, -0.2) is 4.98 Å². The van der Waals surface area contributed by atoms with E-state index in [0.717, 1.165) is 16.6 Å². The molecule has 27 heavy (non-hydrogen) atoms. The molecule has 0 spiro atoms. The van der Waals surface area contributed by atoms with Crippen LogP contribution in [0.25, 0.3) is 22.2 Å². The van der Waals surface area contributed by atoms with E-state index in [1.54, 1.807) is 6.07 Å². The second-order valence-electron chi connectivity index (χ2n) is 6.08. The lowest BCUT2D eigenvalue weighted by Gasteiger charge is -2.02. The van der Waals surface area contributed by atoms with Gasteiger partial charge >= 0.3 is 0 Å². The number of benzene rings is 2. The summed E-state index contributed by atoms with van der Waals surface area (Å²) in [6, 6.07) is 15.4. The van der Waals surface area contributed by atoms with Crippen molar-refractivity contribution in [2.24, 2.45) is 0 Å². The highest BCUT2D eigenvalue weighted by Gasteiger charge is 2.16. The third-order valence-corrected chi connectivity index (χ3v) is 4.86. The minimum Gasteiger partial charge on any atom is -0.490 e. The van der Waals surface area contributed by atoms with Gasteiger partial charge in [0.05, 0.1) is 12.3 Å². The molecule has 0 radical (unpaired) electrons. The van der Waals surface area contributed by atoms with Crippen LogP contribution in [0.3, 0.4) is 0 Å². The maximum absolute atomic E-state index is 12.6. The molecule has 0 aliphatic rings. The zero-order chi connectivity index (χ0) is 18.8. The molecule has 6 heteroatoms. The molecule has 0 fully saturated rings. The van der Waals surface area contributed by atoms with Gasteiger partial charge in [-0.15, -0.1) is 11.3 Å². The smallest absolute Gasteiger partial charge is 0.293 e. The van der Waals surface area contributed by atoms with E-state index >= 15 is 0 Å². The Morgan fingerprint density at radius 3 is 2.81 bits per heavy atom. The van der Waals surface area contributed by atoms with E-state index in [2.05, 4.69) is 10.3 Å². The van der Waals surface area contributed by atoms with Gasteiger partial charge in [0.2, 0.25) is 0 Å². The average molecular weight is 378 g/mol. The zero-order valence-corrected chi connectivity index (χ0v) is 15.8. The summed E-state index contributed by atoms with van der Waals surface area (Å²) < 4.78 is 11.3. The highest BCUT2D eigenvalue weighted by Crippen LogP contribution is 2.30. The highest BCUT2D eigenvalue weighted by atomic mass is 32.1. The largest absolute Gasteiger partial charge is 0.490 e. The molecule has 0 saturated carbocycles. The van der Waals surface area contributed by atoms with Gasteiger partial charge in [0.25, 0.3) is 5.91 Å². The summed E-state index contributed by atoms with van der Waals surface area (Å²) in [7, 11) is 0. The first kappa shape index (κ1) is 17.3. The van der Waals surface area contributed by atoms with Crippen molar-refractivity contribution in [3.63, 3.8) is 0 Å². The number of nitrogens with zero attached hydrogens (tertiary/aromatic N) is 1. The Bertz CT molecular complexity index is 1100. The van der Waals surface area contributed by atoms with E-state index in [1.807, 2.05) is 61.7 Å². The third kappa shape index (κ3) is 3.57. The number of aryl methyl sites for hydroxylation is 1. The average Bonchev–Trinajstić information content (AvgIpc) is 3.30. The zero-order valence-electron chi connectivity index (χ0n) is 15.0. The Labute approximate surface area is 160 Å². The number of hydrogen-bond donors (Lipinski definition) is 1. The van der Waals surface area contributed by atoms with Gasteiger partial charge in [-0.05, 0) is 26.0 Å². The van der Waals surface area contributed by atoms with Gasteiger partial charge in [0.15, 0.2) is 22.2 Å². The molecule has 2 aromatic carbocycles. The normalized spacial score (nSPS) is 10.9. The van der Waals surface area contributed by atoms with Crippen LogP contribution < -0.4 is 10.1 Å². The van der Waals surface area contributed by atoms with Crippen LogP contribution in [-0.2, 0) is 0 Å². The number of anilines is 1. The SMILES string of the molecule is CCOc1cccc2cc(C(=O)Nc3nc(-c4ccc(C)cc4)cs3)oc12. The summed E-state index contributed by atoms with van der Waals surface area (Å²) in [5.41, 5.74) is 3.61. The maximum Gasteiger partial charge on any atom is 0.293 e. The standard InChI is InChI=1S/C21H18N2O3S/c1-3-25-17-6-4-5-15-11-18(26-19(15)17)20(24)23-21-22-16(12-27-21)14-9-7-13(2)8-10-14/h4-12H,3H2,1-2H3,(H,22,23,24). The van der Waals surface area contributed by atoms with Crippen molar-refractivity contribution in [2.45, 2.75) is 13.8 Å². The fraction of sp³-hybridized carbons (Fsp3) is 0.143. The Morgan fingerprint density at radius 1 is 1.22 bits per heavy atom. The number of hydrogen-bond acceptors (Lipinski definition) is 5. The molecule has 0 unspecified atom stereocenters. The summed E-state index contributed by atoms with van der Waals surface area (Å²) in [5.74, 6) is 0.521. The van der Waals surface area contributed by atoms with Gasteiger partial charge in [-0.1, -0.05) is 42.0 Å². The van der Waals surface area contributed by atoms with E-state index in [0.29, 0.717) is 23.1 Å². The van der Waals surface area contributed by atoms with Crippen molar-refractivity contribution in [1.82, 2.24) is 4.98 Å². The second kappa shape index (κ2) is 7.25. The number of ether oxygens (including phenoxy) is 1. The van der Waals surface area contributed by atoms with Gasteiger partial charge in [0, 0.05) is 16.3 Å². The van der Waals surface area contributed by atoms with Crippen LogP contribution in [0.5, 0.6) is 5.75 Å².